The smallest absolute Gasteiger partial charge is 0.0961 e. The standard InChI is InChI=1S/C13H16N2O/c1-2-11(14)13(16)10-7-3-5-9-6-4-8-15-12(9)10/h3-8,11,13,16H,2,14H2,1H3. The number of aliphatic hydroxyl groups excluding tert-OH is 1. The number of hydrogen-bond donors (Lipinski definition) is 2. The maximum atomic E-state index is 10.1. The SMILES string of the molecule is CCC(N)C(O)c1cccc2cccnc12. The second kappa shape index (κ2) is 4.60. The highest BCUT2D eigenvalue weighted by molar-refractivity contribution is 5.81. The summed E-state index contributed by atoms with van der Waals surface area (Å²) in [5, 5.41) is 11.2. The monoisotopic (exact) mass is 216 g/mol. The number of aromatic nitrogens is 1. The molecule has 1 aromatic carbocycles. The van der Waals surface area contributed by atoms with Gasteiger partial charge >= 0.3 is 0 Å². The lowest BCUT2D eigenvalue weighted by Crippen LogP contribution is -2.27. The van der Waals surface area contributed by atoms with E-state index in [1.165, 1.54) is 0 Å². The van der Waals surface area contributed by atoms with Gasteiger partial charge in [-0.3, -0.25) is 4.98 Å². The quantitative estimate of drug-likeness (QED) is 0.825. The van der Waals surface area contributed by atoms with E-state index in [4.69, 9.17) is 5.73 Å². The third-order valence-electron chi connectivity index (χ3n) is 2.86. The molecule has 3 nitrogen and oxygen atoms in total. The van der Waals surface area contributed by atoms with Gasteiger partial charge < -0.3 is 10.8 Å². The molecule has 0 aliphatic rings. The van der Waals surface area contributed by atoms with Crippen LogP contribution < -0.4 is 5.73 Å². The van der Waals surface area contributed by atoms with Gasteiger partial charge in [0.15, 0.2) is 0 Å². The van der Waals surface area contributed by atoms with Gasteiger partial charge in [0.2, 0.25) is 0 Å². The first-order chi connectivity index (χ1) is 7.74. The molecule has 2 atom stereocenters. The zero-order chi connectivity index (χ0) is 11.5. The largest absolute Gasteiger partial charge is 0.387 e. The summed E-state index contributed by atoms with van der Waals surface area (Å²) >= 11 is 0. The second-order valence-corrected chi connectivity index (χ2v) is 3.94. The average Bonchev–Trinajstić information content (AvgIpc) is 2.36. The summed E-state index contributed by atoms with van der Waals surface area (Å²) in [6.45, 7) is 1.96. The van der Waals surface area contributed by atoms with Gasteiger partial charge in [-0.25, -0.2) is 0 Å². The summed E-state index contributed by atoms with van der Waals surface area (Å²) in [5.74, 6) is 0. The molecular formula is C13H16N2O. The van der Waals surface area contributed by atoms with Crippen molar-refractivity contribution < 1.29 is 5.11 Å². The molecule has 0 saturated carbocycles. The minimum absolute atomic E-state index is 0.243. The van der Waals surface area contributed by atoms with E-state index in [9.17, 15) is 5.11 Å². The van der Waals surface area contributed by atoms with E-state index in [1.807, 2.05) is 37.3 Å². The predicted octanol–water partition coefficient (Wildman–Crippen LogP) is 2.01. The molecule has 0 radical (unpaired) electrons. The molecule has 2 unspecified atom stereocenters. The number of aliphatic hydroxyl groups is 1. The van der Waals surface area contributed by atoms with E-state index in [0.29, 0.717) is 0 Å². The first-order valence-corrected chi connectivity index (χ1v) is 5.51. The van der Waals surface area contributed by atoms with E-state index in [1.54, 1.807) is 6.20 Å². The van der Waals surface area contributed by atoms with Gasteiger partial charge in [0.05, 0.1) is 11.6 Å². The van der Waals surface area contributed by atoms with E-state index in [-0.39, 0.29) is 6.04 Å². The van der Waals surface area contributed by atoms with Crippen molar-refractivity contribution in [1.82, 2.24) is 4.98 Å². The van der Waals surface area contributed by atoms with Crippen molar-refractivity contribution in [1.29, 1.82) is 0 Å². The molecular weight excluding hydrogens is 200 g/mol. The molecule has 0 spiro atoms. The summed E-state index contributed by atoms with van der Waals surface area (Å²) in [4.78, 5) is 4.30. The Bertz CT molecular complexity index is 479. The molecule has 0 fully saturated rings. The summed E-state index contributed by atoms with van der Waals surface area (Å²) in [6, 6.07) is 9.41. The number of para-hydroxylation sites is 1. The molecule has 3 N–H and O–H groups in total. The van der Waals surface area contributed by atoms with Crippen molar-refractivity contribution in [2.45, 2.75) is 25.5 Å². The molecule has 3 heteroatoms. The van der Waals surface area contributed by atoms with Crippen LogP contribution in [0.1, 0.15) is 25.0 Å². The number of fused-ring (bicyclic) bond motifs is 1. The highest BCUT2D eigenvalue weighted by atomic mass is 16.3. The zero-order valence-electron chi connectivity index (χ0n) is 9.30. The lowest BCUT2D eigenvalue weighted by molar-refractivity contribution is 0.145. The molecule has 1 heterocycles. The van der Waals surface area contributed by atoms with Crippen LogP contribution in [0.15, 0.2) is 36.5 Å². The Morgan fingerprint density at radius 3 is 2.81 bits per heavy atom. The van der Waals surface area contributed by atoms with E-state index < -0.39 is 6.10 Å². The third-order valence-corrected chi connectivity index (χ3v) is 2.86. The van der Waals surface area contributed by atoms with Gasteiger partial charge in [-0.1, -0.05) is 31.2 Å². The van der Waals surface area contributed by atoms with Crippen LogP contribution in [-0.2, 0) is 0 Å². The minimum Gasteiger partial charge on any atom is -0.387 e. The lowest BCUT2D eigenvalue weighted by atomic mass is 9.98. The van der Waals surface area contributed by atoms with Crippen molar-refractivity contribution in [3.8, 4) is 0 Å². The van der Waals surface area contributed by atoms with Crippen molar-refractivity contribution in [3.05, 3.63) is 42.1 Å². The Hall–Kier alpha value is -1.45. The van der Waals surface area contributed by atoms with Crippen LogP contribution in [0.4, 0.5) is 0 Å². The molecule has 84 valence electrons. The number of rotatable bonds is 3. The number of nitrogens with two attached hydrogens (primary N) is 1. The Morgan fingerprint density at radius 2 is 2.06 bits per heavy atom. The Kier molecular flexibility index (Phi) is 3.17. The molecule has 0 aliphatic carbocycles. The fourth-order valence-electron chi connectivity index (χ4n) is 1.82. The maximum absolute atomic E-state index is 10.1. The molecule has 0 saturated heterocycles. The van der Waals surface area contributed by atoms with E-state index in [0.717, 1.165) is 22.9 Å². The molecule has 0 amide bonds. The van der Waals surface area contributed by atoms with Crippen LogP contribution in [0, 0.1) is 0 Å². The third kappa shape index (κ3) is 1.92. The van der Waals surface area contributed by atoms with Crippen molar-refractivity contribution in [2.75, 3.05) is 0 Å². The summed E-state index contributed by atoms with van der Waals surface area (Å²) in [5.41, 5.74) is 7.51. The van der Waals surface area contributed by atoms with Gasteiger partial charge in [0.1, 0.15) is 0 Å². The number of nitrogens with zero attached hydrogens (tertiary/aromatic N) is 1. The van der Waals surface area contributed by atoms with Crippen LogP contribution >= 0.6 is 0 Å². The summed E-state index contributed by atoms with van der Waals surface area (Å²) in [7, 11) is 0. The van der Waals surface area contributed by atoms with Gasteiger partial charge in [-0.05, 0) is 12.5 Å². The molecule has 1 aromatic heterocycles. The first kappa shape index (κ1) is 11.0. The van der Waals surface area contributed by atoms with Gasteiger partial charge in [0, 0.05) is 23.2 Å². The normalized spacial score (nSPS) is 14.9. The summed E-state index contributed by atoms with van der Waals surface area (Å²) in [6.07, 6.45) is 1.82. The Balaban J connectivity index is 2.52. The number of pyridine rings is 1. The molecule has 16 heavy (non-hydrogen) atoms. The van der Waals surface area contributed by atoms with Crippen LogP contribution in [0.5, 0.6) is 0 Å². The average molecular weight is 216 g/mol. The molecule has 2 aromatic rings. The first-order valence-electron chi connectivity index (χ1n) is 5.51. The van der Waals surface area contributed by atoms with Gasteiger partial charge in [0.25, 0.3) is 0 Å². The Morgan fingerprint density at radius 1 is 1.31 bits per heavy atom. The number of benzene rings is 1. The van der Waals surface area contributed by atoms with Crippen LogP contribution in [0.2, 0.25) is 0 Å². The van der Waals surface area contributed by atoms with Crippen LogP contribution in [-0.4, -0.2) is 16.1 Å². The summed E-state index contributed by atoms with van der Waals surface area (Å²) < 4.78 is 0. The highest BCUT2D eigenvalue weighted by Crippen LogP contribution is 2.24. The van der Waals surface area contributed by atoms with Crippen molar-refractivity contribution in [3.63, 3.8) is 0 Å². The minimum atomic E-state index is -0.649. The van der Waals surface area contributed by atoms with Crippen molar-refractivity contribution in [2.24, 2.45) is 5.73 Å². The predicted molar refractivity (Wildman–Crippen MR) is 65.0 cm³/mol. The topological polar surface area (TPSA) is 59.1 Å². The highest BCUT2D eigenvalue weighted by Gasteiger charge is 2.17. The van der Waals surface area contributed by atoms with Crippen molar-refractivity contribution >= 4 is 10.9 Å². The zero-order valence-corrected chi connectivity index (χ0v) is 9.30. The Labute approximate surface area is 94.9 Å². The fourth-order valence-corrected chi connectivity index (χ4v) is 1.82. The fraction of sp³-hybridized carbons (Fsp3) is 0.308. The molecule has 2 rings (SSSR count). The van der Waals surface area contributed by atoms with Crippen LogP contribution in [0.25, 0.3) is 10.9 Å². The van der Waals surface area contributed by atoms with E-state index >= 15 is 0 Å². The van der Waals surface area contributed by atoms with Crippen LogP contribution in [0.3, 0.4) is 0 Å². The second-order valence-electron chi connectivity index (χ2n) is 3.94. The number of hydrogen-bond acceptors (Lipinski definition) is 3. The molecule has 0 bridgehead atoms. The van der Waals surface area contributed by atoms with E-state index in [2.05, 4.69) is 4.98 Å². The van der Waals surface area contributed by atoms with Gasteiger partial charge in [-0.15, -0.1) is 0 Å². The van der Waals surface area contributed by atoms with Gasteiger partial charge in [-0.2, -0.15) is 0 Å². The maximum Gasteiger partial charge on any atom is 0.0961 e. The lowest BCUT2D eigenvalue weighted by Gasteiger charge is -2.18. The molecule has 0 aliphatic heterocycles.